The van der Waals surface area contributed by atoms with Gasteiger partial charge >= 0.3 is 5.97 Å². The first-order valence-electron chi connectivity index (χ1n) is 13.2. The fraction of sp³-hybridized carbons (Fsp3) is 0.633. The third-order valence-electron chi connectivity index (χ3n) is 8.28. The van der Waals surface area contributed by atoms with Crippen molar-refractivity contribution in [3.8, 4) is 0 Å². The predicted molar refractivity (Wildman–Crippen MR) is 141 cm³/mol. The highest BCUT2D eigenvalue weighted by Crippen LogP contribution is 2.41. The maximum Gasteiger partial charge on any atom is 0.309 e. The number of fused-ring (bicyclic) bond motifs is 1. The van der Waals surface area contributed by atoms with Gasteiger partial charge in [-0.05, 0) is 75.1 Å². The van der Waals surface area contributed by atoms with Crippen molar-refractivity contribution in [1.82, 2.24) is 4.98 Å². The summed E-state index contributed by atoms with van der Waals surface area (Å²) < 4.78 is 5.99. The number of carbonyl (C=O) groups is 2. The van der Waals surface area contributed by atoms with E-state index in [1.165, 1.54) is 5.57 Å². The van der Waals surface area contributed by atoms with Crippen LogP contribution in [0, 0.1) is 30.1 Å². The summed E-state index contributed by atoms with van der Waals surface area (Å²) in [5.41, 5.74) is 4.06. The topological polar surface area (TPSA) is 96.7 Å². The molecule has 36 heavy (non-hydrogen) atoms. The number of Topliss-reactive ketones (excluding diaryl/α,β-unsaturated/α-hetero) is 1. The van der Waals surface area contributed by atoms with Gasteiger partial charge in [0.1, 0.15) is 11.9 Å². The molecule has 3 rings (SSSR count). The molecule has 0 amide bonds. The Bertz CT molecular complexity index is 1020. The molecule has 2 heterocycles. The molecular weight excluding hydrogens is 454 g/mol. The summed E-state index contributed by atoms with van der Waals surface area (Å²) in [5.74, 6) is -1.48. The van der Waals surface area contributed by atoms with E-state index in [1.807, 2.05) is 39.1 Å². The van der Waals surface area contributed by atoms with Gasteiger partial charge in [0.05, 0.1) is 29.7 Å². The van der Waals surface area contributed by atoms with Crippen LogP contribution in [0.1, 0.15) is 84.9 Å². The molecule has 0 radical (unpaired) electrons. The van der Waals surface area contributed by atoms with E-state index in [0.717, 1.165) is 48.1 Å². The number of aliphatic hydroxyl groups is 2. The molecule has 2 aliphatic rings. The van der Waals surface area contributed by atoms with E-state index in [0.29, 0.717) is 0 Å². The van der Waals surface area contributed by atoms with Crippen LogP contribution in [0.5, 0.6) is 0 Å². The fourth-order valence-electron chi connectivity index (χ4n) is 5.60. The van der Waals surface area contributed by atoms with Crippen LogP contribution in [0.4, 0.5) is 0 Å². The Morgan fingerprint density at radius 2 is 1.75 bits per heavy atom. The lowest BCUT2D eigenvalue weighted by Crippen LogP contribution is -2.45. The Hall–Kier alpha value is -2.31. The van der Waals surface area contributed by atoms with Gasteiger partial charge in [0, 0.05) is 18.0 Å². The maximum atomic E-state index is 13.2. The Morgan fingerprint density at radius 1 is 1.06 bits per heavy atom. The third kappa shape index (κ3) is 6.15. The van der Waals surface area contributed by atoms with E-state index >= 15 is 0 Å². The van der Waals surface area contributed by atoms with E-state index in [1.54, 1.807) is 20.8 Å². The number of hydrogen-bond donors (Lipinski definition) is 2. The number of pyridine rings is 1. The van der Waals surface area contributed by atoms with Crippen molar-refractivity contribution in [2.45, 2.75) is 98.9 Å². The molecule has 0 saturated carbocycles. The summed E-state index contributed by atoms with van der Waals surface area (Å²) in [5, 5.41) is 21.8. The average molecular weight is 498 g/mol. The normalized spacial score (nSPS) is 34.1. The minimum absolute atomic E-state index is 0.0187. The van der Waals surface area contributed by atoms with Crippen molar-refractivity contribution in [3.05, 3.63) is 46.8 Å². The molecule has 0 spiro atoms. The molecular formula is C30H43NO5. The molecule has 0 saturated heterocycles. The third-order valence-corrected chi connectivity index (χ3v) is 8.28. The highest BCUT2D eigenvalue weighted by molar-refractivity contribution is 5.88. The molecule has 0 bridgehead atoms. The number of aromatic nitrogens is 1. The summed E-state index contributed by atoms with van der Waals surface area (Å²) in [6.45, 7) is 13.1. The van der Waals surface area contributed by atoms with Gasteiger partial charge in [-0.15, -0.1) is 0 Å². The van der Waals surface area contributed by atoms with Crippen molar-refractivity contribution in [2.75, 3.05) is 0 Å². The standard InChI is InChI=1S/C30H43NO5/c1-17-9-8-10-19(3)27(34)21(5)29(35)30(6,7)25(32)15-26(33)36-28-20(4)23(14-22(28)13-17)24-12-11-18(2)16-31-24/h11-13,16,19,21-22,25,27-28,32,34H,8-10,14-15H2,1-7H3/b17-13-/t19-,21+,22+,25-,27-,28+/m0/s1. The molecule has 6 heteroatoms. The van der Waals surface area contributed by atoms with Crippen molar-refractivity contribution < 1.29 is 24.5 Å². The molecule has 6 atom stereocenters. The number of esters is 1. The number of ketones is 1. The Labute approximate surface area is 215 Å². The van der Waals surface area contributed by atoms with Crippen LogP contribution in [0.25, 0.3) is 5.57 Å². The number of rotatable bonds is 1. The lowest BCUT2D eigenvalue weighted by molar-refractivity contribution is -0.155. The first-order valence-corrected chi connectivity index (χ1v) is 13.2. The molecule has 0 aromatic carbocycles. The monoisotopic (exact) mass is 497 g/mol. The fourth-order valence-corrected chi connectivity index (χ4v) is 5.60. The van der Waals surface area contributed by atoms with Crippen LogP contribution < -0.4 is 0 Å². The molecule has 1 aliphatic carbocycles. The van der Waals surface area contributed by atoms with Crippen LogP contribution in [0.2, 0.25) is 0 Å². The van der Waals surface area contributed by atoms with Gasteiger partial charge in [-0.1, -0.05) is 45.4 Å². The number of ether oxygens (including phenoxy) is 1. The Kier molecular flexibility index (Phi) is 8.94. The summed E-state index contributed by atoms with van der Waals surface area (Å²) in [7, 11) is 0. The minimum atomic E-state index is -1.21. The van der Waals surface area contributed by atoms with Crippen LogP contribution in [0.3, 0.4) is 0 Å². The van der Waals surface area contributed by atoms with Gasteiger partial charge in [-0.25, -0.2) is 0 Å². The first-order chi connectivity index (χ1) is 16.8. The number of aliphatic hydroxyl groups excluding tert-OH is 2. The van der Waals surface area contributed by atoms with Crippen LogP contribution in [-0.2, 0) is 14.3 Å². The highest BCUT2D eigenvalue weighted by atomic mass is 16.5. The smallest absolute Gasteiger partial charge is 0.309 e. The summed E-state index contributed by atoms with van der Waals surface area (Å²) in [4.78, 5) is 30.9. The first kappa shape index (κ1) is 28.3. The second-order valence-corrected chi connectivity index (χ2v) is 11.6. The summed E-state index contributed by atoms with van der Waals surface area (Å²) in [6, 6.07) is 4.04. The van der Waals surface area contributed by atoms with Gasteiger partial charge in [0.15, 0.2) is 0 Å². The minimum Gasteiger partial charge on any atom is -0.457 e. The molecule has 198 valence electrons. The second kappa shape index (κ2) is 11.4. The summed E-state index contributed by atoms with van der Waals surface area (Å²) >= 11 is 0. The highest BCUT2D eigenvalue weighted by Gasteiger charge is 2.43. The molecule has 0 fully saturated rings. The van der Waals surface area contributed by atoms with Crippen LogP contribution in [-0.4, -0.2) is 45.3 Å². The lowest BCUT2D eigenvalue weighted by Gasteiger charge is -2.34. The molecule has 1 aromatic rings. The van der Waals surface area contributed by atoms with Crippen LogP contribution in [0.15, 0.2) is 35.6 Å². The largest absolute Gasteiger partial charge is 0.457 e. The van der Waals surface area contributed by atoms with Crippen molar-refractivity contribution in [1.29, 1.82) is 0 Å². The number of aryl methyl sites for hydroxylation is 1. The van der Waals surface area contributed by atoms with E-state index in [4.69, 9.17) is 4.74 Å². The number of allylic oxidation sites excluding steroid dienone is 2. The SMILES string of the molecule is CC1=C(c2ccc(C)cn2)C[C@H]2/C=C(/C)CCC[C@H](C)[C@H](O)[C@@H](C)C(=O)C(C)(C)[C@@H](O)CC(=O)O[C@H]12. The van der Waals surface area contributed by atoms with E-state index < -0.39 is 35.6 Å². The number of carbonyl (C=O) groups excluding carboxylic acids is 2. The van der Waals surface area contributed by atoms with E-state index in [9.17, 15) is 19.8 Å². The average Bonchev–Trinajstić information content (AvgIpc) is 3.11. The van der Waals surface area contributed by atoms with Gasteiger partial charge in [-0.2, -0.15) is 0 Å². The van der Waals surface area contributed by atoms with Crippen molar-refractivity contribution in [3.63, 3.8) is 0 Å². The predicted octanol–water partition coefficient (Wildman–Crippen LogP) is 5.20. The van der Waals surface area contributed by atoms with E-state index in [2.05, 4.69) is 18.0 Å². The molecule has 6 nitrogen and oxygen atoms in total. The number of hydrogen-bond acceptors (Lipinski definition) is 6. The van der Waals surface area contributed by atoms with Gasteiger partial charge < -0.3 is 14.9 Å². The molecule has 0 unspecified atom stereocenters. The van der Waals surface area contributed by atoms with Gasteiger partial charge in [0.25, 0.3) is 0 Å². The quantitative estimate of drug-likeness (QED) is 0.409. The van der Waals surface area contributed by atoms with Gasteiger partial charge in [0.2, 0.25) is 0 Å². The Morgan fingerprint density at radius 3 is 2.39 bits per heavy atom. The zero-order valence-corrected chi connectivity index (χ0v) is 22.9. The van der Waals surface area contributed by atoms with E-state index in [-0.39, 0.29) is 24.0 Å². The second-order valence-electron chi connectivity index (χ2n) is 11.6. The summed E-state index contributed by atoms with van der Waals surface area (Å²) in [6.07, 6.45) is 4.60. The molecule has 1 aromatic heterocycles. The van der Waals surface area contributed by atoms with Crippen molar-refractivity contribution in [2.24, 2.45) is 23.2 Å². The van der Waals surface area contributed by atoms with Crippen LogP contribution >= 0.6 is 0 Å². The molecule has 1 aliphatic heterocycles. The molecule has 2 N–H and O–H groups in total. The zero-order valence-electron chi connectivity index (χ0n) is 22.9. The number of nitrogens with zero attached hydrogens (tertiary/aromatic N) is 1. The maximum absolute atomic E-state index is 13.2. The zero-order chi connectivity index (χ0) is 26.8. The lowest BCUT2D eigenvalue weighted by atomic mass is 9.73. The van der Waals surface area contributed by atoms with Gasteiger partial charge in [-0.3, -0.25) is 14.6 Å². The van der Waals surface area contributed by atoms with Crippen molar-refractivity contribution >= 4 is 17.3 Å². The Balaban J connectivity index is 1.95.